The molecule has 0 bridgehead atoms. The van der Waals surface area contributed by atoms with Crippen LogP contribution in [0.1, 0.15) is 17.7 Å². The van der Waals surface area contributed by atoms with Gasteiger partial charge in [-0.2, -0.15) is 0 Å². The third-order valence-corrected chi connectivity index (χ3v) is 5.31. The molecule has 0 amide bonds. The van der Waals surface area contributed by atoms with E-state index in [4.69, 9.17) is 4.42 Å². The van der Waals surface area contributed by atoms with Gasteiger partial charge in [-0.3, -0.25) is 9.69 Å². The highest BCUT2D eigenvalue weighted by atomic mass is 16.3. The van der Waals surface area contributed by atoms with Crippen LogP contribution in [0.4, 0.5) is 0 Å². The molecule has 0 saturated carbocycles. The van der Waals surface area contributed by atoms with E-state index in [0.717, 1.165) is 44.9 Å². The van der Waals surface area contributed by atoms with Crippen LogP contribution >= 0.6 is 0 Å². The summed E-state index contributed by atoms with van der Waals surface area (Å²) in [6.07, 6.45) is 2.34. The van der Waals surface area contributed by atoms with Gasteiger partial charge in [-0.15, -0.1) is 0 Å². The first-order valence-corrected chi connectivity index (χ1v) is 9.78. The van der Waals surface area contributed by atoms with Gasteiger partial charge in [-0.05, 0) is 37.1 Å². The van der Waals surface area contributed by atoms with Gasteiger partial charge >= 0.3 is 0 Å². The van der Waals surface area contributed by atoms with Gasteiger partial charge in [0.05, 0.1) is 11.9 Å². The van der Waals surface area contributed by atoms with Crippen molar-refractivity contribution in [3.8, 4) is 0 Å². The van der Waals surface area contributed by atoms with Gasteiger partial charge in [-0.1, -0.05) is 42.5 Å². The number of hydrogen-bond donors (Lipinski definition) is 0. The van der Waals surface area contributed by atoms with Gasteiger partial charge in [0.1, 0.15) is 11.3 Å². The fourth-order valence-electron chi connectivity index (χ4n) is 3.77. The minimum absolute atomic E-state index is 0.0476. The zero-order valence-electron chi connectivity index (χ0n) is 15.6. The van der Waals surface area contributed by atoms with Gasteiger partial charge < -0.3 is 9.32 Å². The molecule has 27 heavy (non-hydrogen) atoms. The van der Waals surface area contributed by atoms with Gasteiger partial charge in [0, 0.05) is 32.2 Å². The molecule has 140 valence electrons. The molecule has 4 heteroatoms. The van der Waals surface area contributed by atoms with Crippen LogP contribution in [0.2, 0.25) is 0 Å². The summed E-state index contributed by atoms with van der Waals surface area (Å²) < 4.78 is 5.93. The standard InChI is InChI=1S/C23H26N2O2/c26-22-17-20(27-23-11-5-4-10-21(22)23)18-25-15-13-24(14-16-25)12-6-9-19-7-2-1-3-8-19/h1-5,7-8,10-11,17H,6,9,12-16,18H2. The van der Waals surface area contributed by atoms with Crippen molar-refractivity contribution in [2.45, 2.75) is 19.4 Å². The van der Waals surface area contributed by atoms with Crippen molar-refractivity contribution < 1.29 is 4.42 Å². The van der Waals surface area contributed by atoms with Crippen molar-refractivity contribution in [1.82, 2.24) is 9.80 Å². The van der Waals surface area contributed by atoms with Crippen molar-refractivity contribution in [2.75, 3.05) is 32.7 Å². The number of para-hydroxylation sites is 1. The van der Waals surface area contributed by atoms with E-state index in [0.29, 0.717) is 17.5 Å². The van der Waals surface area contributed by atoms with Crippen LogP contribution in [0.25, 0.3) is 11.0 Å². The summed E-state index contributed by atoms with van der Waals surface area (Å²) in [6.45, 7) is 6.04. The molecule has 4 nitrogen and oxygen atoms in total. The summed E-state index contributed by atoms with van der Waals surface area (Å²) in [5.74, 6) is 0.760. The van der Waals surface area contributed by atoms with Gasteiger partial charge in [0.2, 0.25) is 0 Å². The van der Waals surface area contributed by atoms with E-state index < -0.39 is 0 Å². The molecular formula is C23H26N2O2. The molecule has 0 atom stereocenters. The highest BCUT2D eigenvalue weighted by Gasteiger charge is 2.18. The number of aryl methyl sites for hydroxylation is 1. The minimum Gasteiger partial charge on any atom is -0.459 e. The van der Waals surface area contributed by atoms with Crippen LogP contribution in [-0.4, -0.2) is 42.5 Å². The molecule has 1 fully saturated rings. The molecule has 0 spiro atoms. The Morgan fingerprint density at radius 1 is 0.852 bits per heavy atom. The number of nitrogens with zero attached hydrogens (tertiary/aromatic N) is 2. The predicted octanol–water partition coefficient (Wildman–Crippen LogP) is 3.54. The Morgan fingerprint density at radius 3 is 2.37 bits per heavy atom. The van der Waals surface area contributed by atoms with E-state index >= 15 is 0 Å². The molecule has 1 aromatic heterocycles. The zero-order chi connectivity index (χ0) is 18.5. The molecule has 3 aromatic rings. The first kappa shape index (κ1) is 18.0. The van der Waals surface area contributed by atoms with E-state index in [1.807, 2.05) is 24.3 Å². The Hall–Kier alpha value is -2.43. The predicted molar refractivity (Wildman–Crippen MR) is 109 cm³/mol. The van der Waals surface area contributed by atoms with Crippen LogP contribution in [0.15, 0.2) is 69.9 Å². The number of rotatable bonds is 6. The lowest BCUT2D eigenvalue weighted by atomic mass is 10.1. The van der Waals surface area contributed by atoms with E-state index in [2.05, 4.69) is 40.1 Å². The maximum atomic E-state index is 12.2. The van der Waals surface area contributed by atoms with Crippen molar-refractivity contribution in [1.29, 1.82) is 0 Å². The second kappa shape index (κ2) is 8.51. The van der Waals surface area contributed by atoms with E-state index in [9.17, 15) is 4.79 Å². The average Bonchev–Trinajstić information content (AvgIpc) is 2.70. The first-order valence-electron chi connectivity index (χ1n) is 9.78. The molecule has 0 aliphatic carbocycles. The summed E-state index contributed by atoms with van der Waals surface area (Å²) in [4.78, 5) is 17.2. The molecule has 0 radical (unpaired) electrons. The first-order chi connectivity index (χ1) is 13.3. The molecule has 1 aliphatic heterocycles. The lowest BCUT2D eigenvalue weighted by molar-refractivity contribution is 0.120. The molecule has 2 heterocycles. The fraction of sp³-hybridized carbons (Fsp3) is 0.348. The van der Waals surface area contributed by atoms with Crippen molar-refractivity contribution in [2.24, 2.45) is 0 Å². The summed E-state index contributed by atoms with van der Waals surface area (Å²) in [5.41, 5.74) is 2.15. The second-order valence-electron chi connectivity index (χ2n) is 7.28. The van der Waals surface area contributed by atoms with Crippen LogP contribution in [0, 0.1) is 0 Å². The third-order valence-electron chi connectivity index (χ3n) is 5.31. The van der Waals surface area contributed by atoms with Gasteiger partial charge in [0.15, 0.2) is 5.43 Å². The normalized spacial score (nSPS) is 16.0. The summed E-state index contributed by atoms with van der Waals surface area (Å²) >= 11 is 0. The Morgan fingerprint density at radius 2 is 1.56 bits per heavy atom. The maximum absolute atomic E-state index is 12.2. The topological polar surface area (TPSA) is 36.7 Å². The average molecular weight is 362 g/mol. The summed E-state index contributed by atoms with van der Waals surface area (Å²) in [5, 5.41) is 0.657. The van der Waals surface area contributed by atoms with Crippen LogP contribution in [0.3, 0.4) is 0 Å². The highest BCUT2D eigenvalue weighted by Crippen LogP contribution is 2.14. The number of fused-ring (bicyclic) bond motifs is 1. The molecular weight excluding hydrogens is 336 g/mol. The minimum atomic E-state index is 0.0476. The lowest BCUT2D eigenvalue weighted by Crippen LogP contribution is -2.46. The zero-order valence-corrected chi connectivity index (χ0v) is 15.6. The van der Waals surface area contributed by atoms with Crippen molar-refractivity contribution >= 4 is 11.0 Å². The van der Waals surface area contributed by atoms with Gasteiger partial charge in [-0.25, -0.2) is 0 Å². The molecule has 1 saturated heterocycles. The second-order valence-corrected chi connectivity index (χ2v) is 7.28. The number of piperazine rings is 1. The maximum Gasteiger partial charge on any atom is 0.192 e. The largest absolute Gasteiger partial charge is 0.459 e. The smallest absolute Gasteiger partial charge is 0.192 e. The van der Waals surface area contributed by atoms with E-state index in [-0.39, 0.29) is 5.43 Å². The van der Waals surface area contributed by atoms with Crippen molar-refractivity contribution in [3.05, 3.63) is 82.2 Å². The van der Waals surface area contributed by atoms with E-state index in [1.165, 1.54) is 12.0 Å². The molecule has 4 rings (SSSR count). The summed E-state index contributed by atoms with van der Waals surface area (Å²) in [6, 6.07) is 19.8. The molecule has 2 aromatic carbocycles. The third kappa shape index (κ3) is 4.65. The quantitative estimate of drug-likeness (QED) is 0.672. The van der Waals surface area contributed by atoms with Crippen LogP contribution in [0.5, 0.6) is 0 Å². The molecule has 1 aliphatic rings. The Labute approximate surface area is 160 Å². The molecule has 0 N–H and O–H groups in total. The number of benzene rings is 2. The van der Waals surface area contributed by atoms with Gasteiger partial charge in [0.25, 0.3) is 0 Å². The SMILES string of the molecule is O=c1cc(CN2CCN(CCCc3ccccc3)CC2)oc2ccccc12. The Kier molecular flexibility index (Phi) is 5.66. The monoisotopic (exact) mass is 362 g/mol. The fourth-order valence-corrected chi connectivity index (χ4v) is 3.77. The van der Waals surface area contributed by atoms with Crippen LogP contribution in [-0.2, 0) is 13.0 Å². The Bertz CT molecular complexity index is 928. The van der Waals surface area contributed by atoms with Crippen LogP contribution < -0.4 is 5.43 Å². The summed E-state index contributed by atoms with van der Waals surface area (Å²) in [7, 11) is 0. The Balaban J connectivity index is 1.26. The number of hydrogen-bond acceptors (Lipinski definition) is 4. The van der Waals surface area contributed by atoms with E-state index in [1.54, 1.807) is 6.07 Å². The lowest BCUT2D eigenvalue weighted by Gasteiger charge is -2.34. The molecule has 0 unspecified atom stereocenters. The highest BCUT2D eigenvalue weighted by molar-refractivity contribution is 5.76. The van der Waals surface area contributed by atoms with Crippen molar-refractivity contribution in [3.63, 3.8) is 0 Å².